The molecule has 3 nitrogen and oxygen atoms in total. The Labute approximate surface area is 117 Å². The van der Waals surface area contributed by atoms with Crippen LogP contribution in [0.25, 0.3) is 0 Å². The van der Waals surface area contributed by atoms with Crippen molar-refractivity contribution in [1.29, 1.82) is 0 Å². The Hall–Kier alpha value is -0.280. The predicted octanol–water partition coefficient (Wildman–Crippen LogP) is 2.59. The minimum absolute atomic E-state index is 0. The van der Waals surface area contributed by atoms with E-state index in [1.54, 1.807) is 0 Å². The highest BCUT2D eigenvalue weighted by Gasteiger charge is 2.32. The Kier molecular flexibility index (Phi) is 5.93. The topological polar surface area (TPSA) is 32.3 Å². The van der Waals surface area contributed by atoms with E-state index in [9.17, 15) is 4.79 Å². The first-order chi connectivity index (χ1) is 8.13. The lowest BCUT2D eigenvalue weighted by atomic mass is 9.79. The van der Waals surface area contributed by atoms with Gasteiger partial charge in [-0.15, -0.1) is 12.4 Å². The fraction of sp³-hybridized carbons (Fsp3) is 0.929. The summed E-state index contributed by atoms with van der Waals surface area (Å²) in [5.74, 6) is 0.365. The molecule has 2 rings (SSSR count). The summed E-state index contributed by atoms with van der Waals surface area (Å²) >= 11 is 0. The van der Waals surface area contributed by atoms with Crippen molar-refractivity contribution < 1.29 is 4.79 Å². The van der Waals surface area contributed by atoms with Crippen molar-refractivity contribution in [2.45, 2.75) is 58.4 Å². The van der Waals surface area contributed by atoms with Gasteiger partial charge in [0.25, 0.3) is 0 Å². The fourth-order valence-corrected chi connectivity index (χ4v) is 3.09. The van der Waals surface area contributed by atoms with Gasteiger partial charge in [0.2, 0.25) is 5.91 Å². The number of nitrogens with one attached hydrogen (secondary N) is 1. The fourth-order valence-electron chi connectivity index (χ4n) is 3.09. The number of halogens is 1. The summed E-state index contributed by atoms with van der Waals surface area (Å²) in [5.41, 5.74) is 0.358. The van der Waals surface area contributed by atoms with E-state index in [0.717, 1.165) is 19.6 Å². The largest absolute Gasteiger partial charge is 0.342 e. The van der Waals surface area contributed by atoms with Crippen LogP contribution in [0.2, 0.25) is 0 Å². The van der Waals surface area contributed by atoms with Crippen LogP contribution in [0.3, 0.4) is 0 Å². The molecule has 0 aromatic heterocycles. The number of carbonyl (C=O) groups excluding carboxylic acids is 1. The zero-order chi connectivity index (χ0) is 12.3. The highest BCUT2D eigenvalue weighted by molar-refractivity contribution is 5.85. The summed E-state index contributed by atoms with van der Waals surface area (Å²) in [6.07, 6.45) is 6.73. The average molecular weight is 275 g/mol. The van der Waals surface area contributed by atoms with E-state index in [1.807, 2.05) is 0 Å². The average Bonchev–Trinajstić information content (AvgIpc) is 2.82. The van der Waals surface area contributed by atoms with Crippen molar-refractivity contribution in [3.63, 3.8) is 0 Å². The van der Waals surface area contributed by atoms with Gasteiger partial charge in [0.15, 0.2) is 0 Å². The van der Waals surface area contributed by atoms with Crippen molar-refractivity contribution in [3.05, 3.63) is 0 Å². The van der Waals surface area contributed by atoms with Gasteiger partial charge in [0, 0.05) is 25.6 Å². The molecule has 2 fully saturated rings. The molecule has 0 aromatic rings. The van der Waals surface area contributed by atoms with Gasteiger partial charge in [-0.05, 0) is 44.1 Å². The lowest BCUT2D eigenvalue weighted by Crippen LogP contribution is -2.46. The number of nitrogens with zero attached hydrogens (tertiary/aromatic N) is 1. The van der Waals surface area contributed by atoms with E-state index in [1.165, 1.54) is 32.1 Å². The zero-order valence-electron chi connectivity index (χ0n) is 11.7. The Morgan fingerprint density at radius 1 is 1.44 bits per heavy atom. The van der Waals surface area contributed by atoms with Crippen molar-refractivity contribution in [2.75, 3.05) is 19.6 Å². The molecule has 2 heterocycles. The molecule has 0 spiro atoms. The summed E-state index contributed by atoms with van der Waals surface area (Å²) in [6, 6.07) is 0.442. The van der Waals surface area contributed by atoms with Crippen molar-refractivity contribution in [1.82, 2.24) is 10.2 Å². The molecule has 0 bridgehead atoms. The van der Waals surface area contributed by atoms with E-state index >= 15 is 0 Å². The number of rotatable bonds is 3. The van der Waals surface area contributed by atoms with Crippen LogP contribution in [0, 0.1) is 5.41 Å². The lowest BCUT2D eigenvalue weighted by Gasteiger charge is -2.40. The molecule has 0 radical (unpaired) electrons. The third kappa shape index (κ3) is 3.86. The molecule has 1 amide bonds. The summed E-state index contributed by atoms with van der Waals surface area (Å²) < 4.78 is 0. The molecule has 2 aliphatic rings. The highest BCUT2D eigenvalue weighted by atomic mass is 35.5. The summed E-state index contributed by atoms with van der Waals surface area (Å²) in [5, 5.41) is 3.41. The van der Waals surface area contributed by atoms with E-state index in [4.69, 9.17) is 0 Å². The van der Waals surface area contributed by atoms with E-state index in [2.05, 4.69) is 24.1 Å². The van der Waals surface area contributed by atoms with Gasteiger partial charge in [0.1, 0.15) is 0 Å². The molecular formula is C14H27ClN2O. The number of likely N-dealkylation sites (tertiary alicyclic amines) is 1. The number of hydrogen-bond donors (Lipinski definition) is 1. The highest BCUT2D eigenvalue weighted by Crippen LogP contribution is 2.32. The maximum Gasteiger partial charge on any atom is 0.224 e. The van der Waals surface area contributed by atoms with E-state index in [0.29, 0.717) is 23.8 Å². The Bertz CT molecular complexity index is 279. The number of carbonyl (C=O) groups is 1. The van der Waals surface area contributed by atoms with Gasteiger partial charge < -0.3 is 10.2 Å². The number of hydrogen-bond acceptors (Lipinski definition) is 2. The van der Waals surface area contributed by atoms with Crippen LogP contribution < -0.4 is 5.32 Å². The molecule has 2 atom stereocenters. The smallest absolute Gasteiger partial charge is 0.224 e. The Morgan fingerprint density at radius 2 is 2.22 bits per heavy atom. The SMILES string of the molecule is CCC1(C)CCCN(C(=O)CC2CCCN2)C1.Cl. The third-order valence-corrected chi connectivity index (χ3v) is 4.57. The van der Waals surface area contributed by atoms with Crippen LogP contribution in [0.5, 0.6) is 0 Å². The molecule has 4 heteroatoms. The second-order valence-corrected chi connectivity index (χ2v) is 6.08. The number of amides is 1. The molecule has 2 saturated heterocycles. The molecule has 18 heavy (non-hydrogen) atoms. The molecule has 0 saturated carbocycles. The molecule has 0 aromatic carbocycles. The maximum absolute atomic E-state index is 12.2. The molecule has 2 aliphatic heterocycles. The molecule has 106 valence electrons. The first-order valence-corrected chi connectivity index (χ1v) is 7.14. The minimum atomic E-state index is 0. The van der Waals surface area contributed by atoms with Crippen molar-refractivity contribution in [2.24, 2.45) is 5.41 Å². The molecule has 1 N–H and O–H groups in total. The summed E-state index contributed by atoms with van der Waals surface area (Å²) in [4.78, 5) is 14.3. The lowest BCUT2D eigenvalue weighted by molar-refractivity contribution is -0.135. The predicted molar refractivity (Wildman–Crippen MR) is 77.1 cm³/mol. The maximum atomic E-state index is 12.2. The Balaban J connectivity index is 0.00000162. The van der Waals surface area contributed by atoms with Crippen LogP contribution in [-0.2, 0) is 4.79 Å². The standard InChI is InChI=1S/C14H26N2O.ClH/c1-3-14(2)7-5-9-16(11-14)13(17)10-12-6-4-8-15-12;/h12,15H,3-11H2,1-2H3;1H. The second-order valence-electron chi connectivity index (χ2n) is 6.08. The third-order valence-electron chi connectivity index (χ3n) is 4.57. The van der Waals surface area contributed by atoms with Gasteiger partial charge in [0.05, 0.1) is 0 Å². The van der Waals surface area contributed by atoms with E-state index < -0.39 is 0 Å². The van der Waals surface area contributed by atoms with Crippen LogP contribution in [0.4, 0.5) is 0 Å². The minimum Gasteiger partial charge on any atom is -0.342 e. The van der Waals surface area contributed by atoms with Gasteiger partial charge >= 0.3 is 0 Å². The van der Waals surface area contributed by atoms with Crippen molar-refractivity contribution >= 4 is 18.3 Å². The van der Waals surface area contributed by atoms with Crippen LogP contribution in [0.1, 0.15) is 52.4 Å². The summed E-state index contributed by atoms with van der Waals surface area (Å²) in [6.45, 7) is 7.59. The van der Waals surface area contributed by atoms with Gasteiger partial charge in [-0.2, -0.15) is 0 Å². The van der Waals surface area contributed by atoms with Crippen LogP contribution in [0.15, 0.2) is 0 Å². The van der Waals surface area contributed by atoms with Gasteiger partial charge in [-0.3, -0.25) is 4.79 Å². The molecule has 2 unspecified atom stereocenters. The van der Waals surface area contributed by atoms with Gasteiger partial charge in [-0.25, -0.2) is 0 Å². The van der Waals surface area contributed by atoms with Crippen molar-refractivity contribution in [3.8, 4) is 0 Å². The van der Waals surface area contributed by atoms with Crippen LogP contribution >= 0.6 is 12.4 Å². The van der Waals surface area contributed by atoms with E-state index in [-0.39, 0.29) is 12.4 Å². The second kappa shape index (κ2) is 6.76. The molecule has 0 aliphatic carbocycles. The monoisotopic (exact) mass is 274 g/mol. The Morgan fingerprint density at radius 3 is 2.83 bits per heavy atom. The summed E-state index contributed by atoms with van der Waals surface area (Å²) in [7, 11) is 0. The molecular weight excluding hydrogens is 248 g/mol. The van der Waals surface area contributed by atoms with Gasteiger partial charge in [-0.1, -0.05) is 13.8 Å². The first-order valence-electron chi connectivity index (χ1n) is 7.14. The normalized spacial score (nSPS) is 32.1. The first kappa shape index (κ1) is 15.8. The quantitative estimate of drug-likeness (QED) is 0.858. The van der Waals surface area contributed by atoms with Crippen LogP contribution in [-0.4, -0.2) is 36.5 Å². The number of piperidine rings is 1. The zero-order valence-corrected chi connectivity index (χ0v) is 12.5.